The Labute approximate surface area is 133 Å². The molecule has 0 spiro atoms. The monoisotopic (exact) mass is 327 g/mol. The van der Waals surface area contributed by atoms with Crippen LogP contribution in [-0.2, 0) is 25.5 Å². The second kappa shape index (κ2) is 8.00. The molecule has 1 amide bonds. The van der Waals surface area contributed by atoms with Crippen molar-refractivity contribution in [2.24, 2.45) is 5.92 Å². The minimum Gasteiger partial charge on any atom is -0.492 e. The number of amides is 1. The zero-order chi connectivity index (χ0) is 15.9. The van der Waals surface area contributed by atoms with E-state index in [4.69, 9.17) is 25.8 Å². The van der Waals surface area contributed by atoms with Crippen molar-refractivity contribution < 1.29 is 23.8 Å². The Balaban J connectivity index is 1.80. The SMILES string of the molecule is COCCNC(=O)COC(=O)[C@@H]1COc2ccc(Cl)cc2C1. The number of rotatable bonds is 6. The summed E-state index contributed by atoms with van der Waals surface area (Å²) in [5.74, 6) is -0.512. The van der Waals surface area contributed by atoms with Gasteiger partial charge in [-0.15, -0.1) is 0 Å². The summed E-state index contributed by atoms with van der Waals surface area (Å²) in [6, 6.07) is 5.29. The highest BCUT2D eigenvalue weighted by molar-refractivity contribution is 6.30. The van der Waals surface area contributed by atoms with E-state index in [1.807, 2.05) is 0 Å². The predicted molar refractivity (Wildman–Crippen MR) is 80.0 cm³/mol. The van der Waals surface area contributed by atoms with E-state index in [0.29, 0.717) is 24.6 Å². The fourth-order valence-electron chi connectivity index (χ4n) is 2.11. The van der Waals surface area contributed by atoms with Gasteiger partial charge in [0.2, 0.25) is 0 Å². The van der Waals surface area contributed by atoms with Crippen LogP contribution in [0.4, 0.5) is 0 Å². The standard InChI is InChI=1S/C15H18ClNO5/c1-20-5-4-17-14(18)9-22-15(19)11-6-10-7-12(16)2-3-13(10)21-8-11/h2-3,7,11H,4-6,8-9H2,1H3,(H,17,18)/t11-/m0/s1. The number of nitrogens with one attached hydrogen (secondary N) is 1. The van der Waals surface area contributed by atoms with Gasteiger partial charge in [0.15, 0.2) is 6.61 Å². The van der Waals surface area contributed by atoms with E-state index in [2.05, 4.69) is 5.32 Å². The van der Waals surface area contributed by atoms with Crippen LogP contribution in [-0.4, -0.2) is 45.4 Å². The molecule has 0 unspecified atom stereocenters. The van der Waals surface area contributed by atoms with Gasteiger partial charge in [-0.1, -0.05) is 11.6 Å². The molecule has 1 N–H and O–H groups in total. The number of methoxy groups -OCH3 is 1. The molecule has 0 radical (unpaired) electrons. The molecular weight excluding hydrogens is 310 g/mol. The molecule has 1 aromatic carbocycles. The molecule has 120 valence electrons. The number of halogens is 1. The molecule has 0 aromatic heterocycles. The quantitative estimate of drug-likeness (QED) is 0.627. The van der Waals surface area contributed by atoms with Gasteiger partial charge in [0.25, 0.3) is 5.91 Å². The van der Waals surface area contributed by atoms with Gasteiger partial charge in [-0.05, 0) is 30.2 Å². The molecule has 0 bridgehead atoms. The Kier molecular flexibility index (Phi) is 6.03. The van der Waals surface area contributed by atoms with Gasteiger partial charge in [0.1, 0.15) is 12.4 Å². The summed E-state index contributed by atoms with van der Waals surface area (Å²) in [4.78, 5) is 23.4. The smallest absolute Gasteiger partial charge is 0.313 e. The Bertz CT molecular complexity index is 549. The molecule has 7 heteroatoms. The third kappa shape index (κ3) is 4.61. The minimum atomic E-state index is -0.451. The van der Waals surface area contributed by atoms with E-state index in [1.165, 1.54) is 0 Å². The summed E-state index contributed by atoms with van der Waals surface area (Å²) in [6.45, 7) is 0.721. The maximum absolute atomic E-state index is 12.0. The van der Waals surface area contributed by atoms with E-state index >= 15 is 0 Å². The maximum atomic E-state index is 12.0. The first-order valence-corrected chi connectivity index (χ1v) is 7.31. The number of hydrogen-bond donors (Lipinski definition) is 1. The van der Waals surface area contributed by atoms with Gasteiger partial charge >= 0.3 is 5.97 Å². The van der Waals surface area contributed by atoms with Gasteiger partial charge < -0.3 is 19.5 Å². The van der Waals surface area contributed by atoms with Gasteiger partial charge in [-0.3, -0.25) is 9.59 Å². The summed E-state index contributed by atoms with van der Waals surface area (Å²) in [5, 5.41) is 3.17. The fourth-order valence-corrected chi connectivity index (χ4v) is 2.31. The van der Waals surface area contributed by atoms with Crippen LogP contribution in [0, 0.1) is 5.92 Å². The molecule has 0 saturated carbocycles. The van der Waals surface area contributed by atoms with E-state index in [9.17, 15) is 9.59 Å². The highest BCUT2D eigenvalue weighted by atomic mass is 35.5. The number of carbonyl (C=O) groups is 2. The van der Waals surface area contributed by atoms with Crippen LogP contribution >= 0.6 is 11.6 Å². The van der Waals surface area contributed by atoms with Crippen LogP contribution in [0.3, 0.4) is 0 Å². The van der Waals surface area contributed by atoms with Gasteiger partial charge in [0.05, 0.1) is 12.5 Å². The average Bonchev–Trinajstić information content (AvgIpc) is 2.52. The van der Waals surface area contributed by atoms with E-state index < -0.39 is 11.9 Å². The predicted octanol–water partition coefficient (Wildman–Crippen LogP) is 1.20. The number of fused-ring (bicyclic) bond motifs is 1. The van der Waals surface area contributed by atoms with Crippen molar-refractivity contribution in [1.82, 2.24) is 5.32 Å². The van der Waals surface area contributed by atoms with Crippen LogP contribution in [0.1, 0.15) is 5.56 Å². The van der Waals surface area contributed by atoms with Gasteiger partial charge in [-0.2, -0.15) is 0 Å². The largest absolute Gasteiger partial charge is 0.492 e. The number of hydrogen-bond acceptors (Lipinski definition) is 5. The van der Waals surface area contributed by atoms with Gasteiger partial charge in [-0.25, -0.2) is 0 Å². The van der Waals surface area contributed by atoms with Crippen molar-refractivity contribution >= 4 is 23.5 Å². The molecular formula is C15H18ClNO5. The van der Waals surface area contributed by atoms with Crippen LogP contribution < -0.4 is 10.1 Å². The van der Waals surface area contributed by atoms with E-state index in [1.54, 1.807) is 25.3 Å². The third-order valence-electron chi connectivity index (χ3n) is 3.24. The summed E-state index contributed by atoms with van der Waals surface area (Å²) in [5.41, 5.74) is 0.866. The van der Waals surface area contributed by atoms with Crippen LogP contribution in [0.25, 0.3) is 0 Å². The molecule has 2 rings (SSSR count). The molecule has 6 nitrogen and oxygen atoms in total. The first-order chi connectivity index (χ1) is 10.6. The van der Waals surface area contributed by atoms with Crippen LogP contribution in [0.2, 0.25) is 5.02 Å². The molecule has 1 aromatic rings. The van der Waals surface area contributed by atoms with E-state index in [-0.39, 0.29) is 19.1 Å². The number of ether oxygens (including phenoxy) is 3. The third-order valence-corrected chi connectivity index (χ3v) is 3.47. The molecule has 1 aliphatic rings. The lowest BCUT2D eigenvalue weighted by Crippen LogP contribution is -2.35. The zero-order valence-corrected chi connectivity index (χ0v) is 13.0. The lowest BCUT2D eigenvalue weighted by Gasteiger charge is -2.24. The summed E-state index contributed by atoms with van der Waals surface area (Å²) >= 11 is 5.93. The highest BCUT2D eigenvalue weighted by Crippen LogP contribution is 2.30. The zero-order valence-electron chi connectivity index (χ0n) is 12.3. The number of benzene rings is 1. The van der Waals surface area contributed by atoms with E-state index in [0.717, 1.165) is 11.3 Å². The van der Waals surface area contributed by atoms with Crippen molar-refractivity contribution in [1.29, 1.82) is 0 Å². The normalized spacial score (nSPS) is 16.4. The minimum absolute atomic E-state index is 0.235. The summed E-state index contributed by atoms with van der Waals surface area (Å²) in [6.07, 6.45) is 0.486. The van der Waals surface area contributed by atoms with Gasteiger partial charge in [0, 0.05) is 18.7 Å². The molecule has 1 heterocycles. The van der Waals surface area contributed by atoms with Crippen LogP contribution in [0.15, 0.2) is 18.2 Å². The lowest BCUT2D eigenvalue weighted by atomic mass is 9.97. The summed E-state index contributed by atoms with van der Waals surface area (Å²) < 4.78 is 15.3. The van der Waals surface area contributed by atoms with Crippen molar-refractivity contribution in [3.63, 3.8) is 0 Å². The molecule has 22 heavy (non-hydrogen) atoms. The molecule has 0 aliphatic carbocycles. The number of esters is 1. The second-order valence-electron chi connectivity index (χ2n) is 4.91. The molecule has 0 fully saturated rings. The molecule has 0 saturated heterocycles. The Hall–Kier alpha value is -1.79. The second-order valence-corrected chi connectivity index (χ2v) is 5.35. The summed E-state index contributed by atoms with van der Waals surface area (Å²) in [7, 11) is 1.54. The topological polar surface area (TPSA) is 73.9 Å². The van der Waals surface area contributed by atoms with Crippen molar-refractivity contribution in [3.05, 3.63) is 28.8 Å². The lowest BCUT2D eigenvalue weighted by molar-refractivity contribution is -0.153. The Morgan fingerprint density at radius 2 is 2.27 bits per heavy atom. The van der Waals surface area contributed by atoms with Crippen LogP contribution in [0.5, 0.6) is 5.75 Å². The first kappa shape index (κ1) is 16.6. The molecule has 1 atom stereocenters. The maximum Gasteiger partial charge on any atom is 0.313 e. The fraction of sp³-hybridized carbons (Fsp3) is 0.467. The van der Waals surface area contributed by atoms with Crippen molar-refractivity contribution in [2.45, 2.75) is 6.42 Å². The molecule has 1 aliphatic heterocycles. The highest BCUT2D eigenvalue weighted by Gasteiger charge is 2.27. The Morgan fingerprint density at radius 3 is 3.05 bits per heavy atom. The number of carbonyl (C=O) groups excluding carboxylic acids is 2. The average molecular weight is 328 g/mol. The first-order valence-electron chi connectivity index (χ1n) is 6.93. The Morgan fingerprint density at radius 1 is 1.45 bits per heavy atom. The van der Waals surface area contributed by atoms with Crippen molar-refractivity contribution in [2.75, 3.05) is 33.5 Å². The van der Waals surface area contributed by atoms with Crippen molar-refractivity contribution in [3.8, 4) is 5.75 Å².